The normalized spacial score (nSPS) is 15.6. The molecule has 1 aromatic heterocycles. The highest BCUT2D eigenvalue weighted by Crippen LogP contribution is 2.34. The zero-order valence-corrected chi connectivity index (χ0v) is 15.4. The molecule has 4 nitrogen and oxygen atoms in total. The minimum Gasteiger partial charge on any atom is -0.481 e. The van der Waals surface area contributed by atoms with Gasteiger partial charge in [0, 0.05) is 18.0 Å². The molecule has 0 spiro atoms. The predicted octanol–water partition coefficient (Wildman–Crippen LogP) is 4.48. The molecule has 5 heteroatoms. The van der Waals surface area contributed by atoms with Gasteiger partial charge >= 0.3 is 5.97 Å². The van der Waals surface area contributed by atoms with Gasteiger partial charge in [0.05, 0.1) is 10.8 Å². The van der Waals surface area contributed by atoms with Gasteiger partial charge < -0.3 is 10.0 Å². The summed E-state index contributed by atoms with van der Waals surface area (Å²) in [7, 11) is 0. The van der Waals surface area contributed by atoms with Crippen molar-refractivity contribution in [3.63, 3.8) is 0 Å². The Morgan fingerprint density at radius 1 is 1.12 bits per heavy atom. The van der Waals surface area contributed by atoms with Crippen LogP contribution in [0.1, 0.15) is 47.8 Å². The van der Waals surface area contributed by atoms with E-state index in [1.165, 1.54) is 22.5 Å². The lowest BCUT2D eigenvalue weighted by Crippen LogP contribution is -2.39. The molecule has 0 radical (unpaired) electrons. The third-order valence-electron chi connectivity index (χ3n) is 4.80. The standard InChI is InChI=1S/C20H23NO3S/c1-13(2)15-5-3-4-6-16(15)17-7-8-18(25-17)19(22)21-11-9-14(10-12-21)20(23)24/h3-8,13-14H,9-12H2,1-2H3,(H,23,24). The third kappa shape index (κ3) is 3.76. The Morgan fingerprint density at radius 3 is 2.44 bits per heavy atom. The minimum atomic E-state index is -0.754. The molecule has 2 aromatic rings. The maximum atomic E-state index is 12.7. The summed E-state index contributed by atoms with van der Waals surface area (Å²) in [6.45, 7) is 5.38. The second-order valence-electron chi connectivity index (χ2n) is 6.81. The van der Waals surface area contributed by atoms with E-state index in [4.69, 9.17) is 5.11 Å². The number of carbonyl (C=O) groups is 2. The predicted molar refractivity (Wildman–Crippen MR) is 100 cm³/mol. The van der Waals surface area contributed by atoms with Crippen LogP contribution in [0.4, 0.5) is 0 Å². The van der Waals surface area contributed by atoms with Gasteiger partial charge in [-0.1, -0.05) is 38.1 Å². The summed E-state index contributed by atoms with van der Waals surface area (Å²) in [6.07, 6.45) is 1.07. The topological polar surface area (TPSA) is 57.6 Å². The van der Waals surface area contributed by atoms with Gasteiger partial charge in [-0.15, -0.1) is 11.3 Å². The van der Waals surface area contributed by atoms with E-state index in [2.05, 4.69) is 26.0 Å². The molecule has 0 atom stereocenters. The monoisotopic (exact) mass is 357 g/mol. The molecule has 2 heterocycles. The van der Waals surface area contributed by atoms with Crippen LogP contribution in [-0.4, -0.2) is 35.0 Å². The summed E-state index contributed by atoms with van der Waals surface area (Å²) in [4.78, 5) is 27.4. The minimum absolute atomic E-state index is 0.0158. The molecule has 1 aromatic carbocycles. The number of hydrogen-bond donors (Lipinski definition) is 1. The van der Waals surface area contributed by atoms with Crippen LogP contribution >= 0.6 is 11.3 Å². The number of rotatable bonds is 4. The number of piperidine rings is 1. The van der Waals surface area contributed by atoms with Crippen molar-refractivity contribution in [3.8, 4) is 10.4 Å². The molecule has 0 unspecified atom stereocenters. The van der Waals surface area contributed by atoms with E-state index < -0.39 is 5.97 Å². The molecule has 0 aliphatic carbocycles. The van der Waals surface area contributed by atoms with E-state index in [1.807, 2.05) is 24.3 Å². The molecule has 1 aliphatic rings. The fourth-order valence-electron chi connectivity index (χ4n) is 3.31. The Kier molecular flexibility index (Phi) is 5.23. The highest BCUT2D eigenvalue weighted by molar-refractivity contribution is 7.17. The third-order valence-corrected chi connectivity index (χ3v) is 5.90. The van der Waals surface area contributed by atoms with E-state index in [0.717, 1.165) is 9.75 Å². The number of carboxylic acid groups (broad SMARTS) is 1. The summed E-state index contributed by atoms with van der Waals surface area (Å²) in [5.74, 6) is -0.633. The first-order chi connectivity index (χ1) is 12.0. The largest absolute Gasteiger partial charge is 0.481 e. The van der Waals surface area contributed by atoms with E-state index >= 15 is 0 Å². The molecular weight excluding hydrogens is 334 g/mol. The number of benzene rings is 1. The lowest BCUT2D eigenvalue weighted by Gasteiger charge is -2.29. The van der Waals surface area contributed by atoms with Gasteiger partial charge in [0.2, 0.25) is 0 Å². The summed E-state index contributed by atoms with van der Waals surface area (Å²) >= 11 is 1.52. The van der Waals surface area contributed by atoms with Gasteiger partial charge in [-0.25, -0.2) is 0 Å². The van der Waals surface area contributed by atoms with Gasteiger partial charge in [0.25, 0.3) is 5.91 Å². The summed E-state index contributed by atoms with van der Waals surface area (Å²) < 4.78 is 0. The first kappa shape index (κ1) is 17.7. The molecule has 0 bridgehead atoms. The summed E-state index contributed by atoms with van der Waals surface area (Å²) in [5, 5.41) is 9.08. The Labute approximate surface area is 152 Å². The molecule has 1 saturated heterocycles. The Hall–Kier alpha value is -2.14. The van der Waals surface area contributed by atoms with Crippen LogP contribution in [0.5, 0.6) is 0 Å². The Balaban J connectivity index is 1.76. The average molecular weight is 357 g/mol. The van der Waals surface area contributed by atoms with Crippen molar-refractivity contribution in [2.75, 3.05) is 13.1 Å². The van der Waals surface area contributed by atoms with E-state index in [0.29, 0.717) is 31.8 Å². The zero-order chi connectivity index (χ0) is 18.0. The van der Waals surface area contributed by atoms with Crippen molar-refractivity contribution >= 4 is 23.2 Å². The van der Waals surface area contributed by atoms with Gasteiger partial charge in [0.15, 0.2) is 0 Å². The van der Waals surface area contributed by atoms with Crippen LogP contribution in [0.3, 0.4) is 0 Å². The van der Waals surface area contributed by atoms with Crippen molar-refractivity contribution in [1.82, 2.24) is 4.90 Å². The molecule has 3 rings (SSSR count). The van der Waals surface area contributed by atoms with Crippen LogP contribution in [0.25, 0.3) is 10.4 Å². The van der Waals surface area contributed by atoms with Gasteiger partial charge in [-0.3, -0.25) is 9.59 Å². The Bertz CT molecular complexity index is 773. The SMILES string of the molecule is CC(C)c1ccccc1-c1ccc(C(=O)N2CCC(C(=O)O)CC2)s1. The molecule has 25 heavy (non-hydrogen) atoms. The van der Waals surface area contributed by atoms with Gasteiger partial charge in [0.1, 0.15) is 0 Å². The lowest BCUT2D eigenvalue weighted by atomic mass is 9.96. The number of thiophene rings is 1. The first-order valence-electron chi connectivity index (χ1n) is 8.68. The van der Waals surface area contributed by atoms with Crippen LogP contribution in [0.2, 0.25) is 0 Å². The second kappa shape index (κ2) is 7.40. The summed E-state index contributed by atoms with van der Waals surface area (Å²) in [5.41, 5.74) is 2.47. The number of hydrogen-bond acceptors (Lipinski definition) is 3. The maximum Gasteiger partial charge on any atom is 0.306 e. The molecule has 1 N–H and O–H groups in total. The van der Waals surface area contributed by atoms with Crippen LogP contribution in [0.15, 0.2) is 36.4 Å². The highest BCUT2D eigenvalue weighted by atomic mass is 32.1. The van der Waals surface area contributed by atoms with E-state index in [1.54, 1.807) is 4.90 Å². The van der Waals surface area contributed by atoms with Crippen LogP contribution in [0, 0.1) is 5.92 Å². The van der Waals surface area contributed by atoms with Crippen molar-refractivity contribution in [3.05, 3.63) is 46.8 Å². The molecule has 132 valence electrons. The Morgan fingerprint density at radius 2 is 1.80 bits per heavy atom. The van der Waals surface area contributed by atoms with Crippen molar-refractivity contribution in [2.45, 2.75) is 32.6 Å². The molecular formula is C20H23NO3S. The smallest absolute Gasteiger partial charge is 0.306 e. The molecule has 1 aliphatic heterocycles. The van der Waals surface area contributed by atoms with E-state index in [9.17, 15) is 9.59 Å². The molecule has 1 fully saturated rings. The lowest BCUT2D eigenvalue weighted by molar-refractivity contribution is -0.143. The van der Waals surface area contributed by atoms with Crippen molar-refractivity contribution < 1.29 is 14.7 Å². The first-order valence-corrected chi connectivity index (χ1v) is 9.50. The number of amides is 1. The molecule has 0 saturated carbocycles. The zero-order valence-electron chi connectivity index (χ0n) is 14.6. The maximum absolute atomic E-state index is 12.7. The highest BCUT2D eigenvalue weighted by Gasteiger charge is 2.28. The van der Waals surface area contributed by atoms with Gasteiger partial charge in [-0.05, 0) is 42.0 Å². The van der Waals surface area contributed by atoms with E-state index in [-0.39, 0.29) is 11.8 Å². The molecule has 1 amide bonds. The number of likely N-dealkylation sites (tertiary alicyclic amines) is 1. The quantitative estimate of drug-likeness (QED) is 0.878. The van der Waals surface area contributed by atoms with Crippen molar-refractivity contribution in [1.29, 1.82) is 0 Å². The number of carbonyl (C=O) groups excluding carboxylic acids is 1. The second-order valence-corrected chi connectivity index (χ2v) is 7.89. The fraction of sp³-hybridized carbons (Fsp3) is 0.400. The number of nitrogens with zero attached hydrogens (tertiary/aromatic N) is 1. The number of aliphatic carboxylic acids is 1. The number of carboxylic acids is 1. The fourth-order valence-corrected chi connectivity index (χ4v) is 4.33. The van der Waals surface area contributed by atoms with Crippen molar-refractivity contribution in [2.24, 2.45) is 5.92 Å². The van der Waals surface area contributed by atoms with Gasteiger partial charge in [-0.2, -0.15) is 0 Å². The van der Waals surface area contributed by atoms with Crippen LogP contribution < -0.4 is 0 Å². The van der Waals surface area contributed by atoms with Crippen LogP contribution in [-0.2, 0) is 4.79 Å². The summed E-state index contributed by atoms with van der Waals surface area (Å²) in [6, 6.07) is 12.2. The average Bonchev–Trinajstić information content (AvgIpc) is 3.11.